The number of nitrogens with zero attached hydrogens (tertiary/aromatic N) is 7. The predicted molar refractivity (Wildman–Crippen MR) is 107 cm³/mol. The first-order valence-electron chi connectivity index (χ1n) is 9.22. The maximum absolute atomic E-state index is 14.0. The topological polar surface area (TPSA) is 87.5 Å². The van der Waals surface area contributed by atoms with E-state index in [1.54, 1.807) is 41.5 Å². The third-order valence-electron chi connectivity index (χ3n) is 4.59. The van der Waals surface area contributed by atoms with Crippen LogP contribution in [0.1, 0.15) is 11.4 Å². The molecule has 0 amide bonds. The molecule has 0 aliphatic carbocycles. The minimum atomic E-state index is -0.368. The summed E-state index contributed by atoms with van der Waals surface area (Å²) in [6, 6.07) is 12.1. The van der Waals surface area contributed by atoms with Gasteiger partial charge in [0.15, 0.2) is 5.82 Å². The number of pyridine rings is 1. The first kappa shape index (κ1) is 17.9. The van der Waals surface area contributed by atoms with Gasteiger partial charge in [0.05, 0.1) is 17.5 Å². The quantitative estimate of drug-likeness (QED) is 0.454. The third kappa shape index (κ3) is 3.16. The van der Waals surface area contributed by atoms with Crippen LogP contribution in [0.3, 0.4) is 0 Å². The third-order valence-corrected chi connectivity index (χ3v) is 4.59. The number of hydrogen-bond donors (Lipinski definition) is 0. The highest BCUT2D eigenvalue weighted by Gasteiger charge is 2.15. The van der Waals surface area contributed by atoms with E-state index in [1.165, 1.54) is 10.7 Å². The van der Waals surface area contributed by atoms with Gasteiger partial charge >= 0.3 is 0 Å². The van der Waals surface area contributed by atoms with Crippen LogP contribution in [0, 0.1) is 19.7 Å². The molecule has 5 aromatic rings. The molecular weight excluding hydrogens is 385 g/mol. The van der Waals surface area contributed by atoms with Crippen molar-refractivity contribution in [3.05, 3.63) is 78.3 Å². The normalized spacial score (nSPS) is 11.2. The monoisotopic (exact) mass is 401 g/mol. The summed E-state index contributed by atoms with van der Waals surface area (Å²) in [6.45, 7) is 3.91. The highest BCUT2D eigenvalue weighted by molar-refractivity contribution is 5.59. The number of para-hydroxylation sites is 1. The smallest absolute Gasteiger partial charge is 0.261 e. The van der Waals surface area contributed by atoms with E-state index in [0.717, 1.165) is 11.4 Å². The Hall–Kier alpha value is -4.14. The molecule has 1 aromatic carbocycles. The standard InChI is InChI=1S/C21H16FN7O/c1-13-9-14(2)29(26-13)19-8-7-15(10-23-19)20-25-21(30-27-20)16-11-24-28(12-16)18-6-4-3-5-17(18)22/h3-12H,1-2H3. The van der Waals surface area contributed by atoms with Gasteiger partial charge in [-0.05, 0) is 44.2 Å². The fraction of sp³-hybridized carbons (Fsp3) is 0.0952. The minimum Gasteiger partial charge on any atom is -0.333 e. The number of rotatable bonds is 4. The largest absolute Gasteiger partial charge is 0.333 e. The van der Waals surface area contributed by atoms with Gasteiger partial charge in [0, 0.05) is 23.7 Å². The molecule has 0 atom stereocenters. The van der Waals surface area contributed by atoms with Crippen LogP contribution in [0.15, 0.2) is 65.6 Å². The first-order valence-corrected chi connectivity index (χ1v) is 9.22. The van der Waals surface area contributed by atoms with Crippen LogP contribution in [0.4, 0.5) is 4.39 Å². The lowest BCUT2D eigenvalue weighted by atomic mass is 10.2. The molecule has 0 bridgehead atoms. The van der Waals surface area contributed by atoms with Gasteiger partial charge in [0.25, 0.3) is 5.89 Å². The second-order valence-electron chi connectivity index (χ2n) is 6.79. The SMILES string of the molecule is Cc1cc(C)n(-c2ccc(-c3noc(-c4cnn(-c5ccccc5F)c4)n3)cn2)n1. The van der Waals surface area contributed by atoms with Gasteiger partial charge in [0.1, 0.15) is 11.5 Å². The van der Waals surface area contributed by atoms with Crippen molar-refractivity contribution in [2.45, 2.75) is 13.8 Å². The number of benzene rings is 1. The molecule has 0 aliphatic rings. The molecule has 0 N–H and O–H groups in total. The molecule has 0 fully saturated rings. The number of aryl methyl sites for hydroxylation is 2. The summed E-state index contributed by atoms with van der Waals surface area (Å²) in [5, 5.41) is 12.6. The van der Waals surface area contributed by atoms with Crippen molar-refractivity contribution < 1.29 is 8.91 Å². The Morgan fingerprint density at radius 2 is 1.87 bits per heavy atom. The van der Waals surface area contributed by atoms with Gasteiger partial charge < -0.3 is 4.52 Å². The van der Waals surface area contributed by atoms with E-state index in [1.807, 2.05) is 32.0 Å². The van der Waals surface area contributed by atoms with E-state index in [4.69, 9.17) is 4.52 Å². The van der Waals surface area contributed by atoms with Gasteiger partial charge in [-0.2, -0.15) is 15.2 Å². The van der Waals surface area contributed by atoms with E-state index in [9.17, 15) is 4.39 Å². The molecule has 8 nitrogen and oxygen atoms in total. The molecule has 0 spiro atoms. The summed E-state index contributed by atoms with van der Waals surface area (Å²) in [7, 11) is 0. The maximum Gasteiger partial charge on any atom is 0.261 e. The first-order chi connectivity index (χ1) is 14.6. The second-order valence-corrected chi connectivity index (χ2v) is 6.79. The second kappa shape index (κ2) is 7.03. The number of aromatic nitrogens is 7. The number of halogens is 1. The van der Waals surface area contributed by atoms with Crippen molar-refractivity contribution in [2.24, 2.45) is 0 Å². The van der Waals surface area contributed by atoms with Crippen LogP contribution in [0.2, 0.25) is 0 Å². The highest BCUT2D eigenvalue weighted by atomic mass is 19.1. The summed E-state index contributed by atoms with van der Waals surface area (Å²) in [5.41, 5.74) is 3.56. The molecule has 0 saturated heterocycles. The van der Waals surface area contributed by atoms with E-state index in [2.05, 4.69) is 25.3 Å². The Morgan fingerprint density at radius 1 is 1.00 bits per heavy atom. The van der Waals surface area contributed by atoms with Crippen LogP contribution >= 0.6 is 0 Å². The summed E-state index contributed by atoms with van der Waals surface area (Å²) in [5.74, 6) is 1.03. The van der Waals surface area contributed by atoms with E-state index in [-0.39, 0.29) is 11.7 Å². The molecule has 9 heteroatoms. The van der Waals surface area contributed by atoms with Crippen LogP contribution in [0.5, 0.6) is 0 Å². The lowest BCUT2D eigenvalue weighted by Gasteiger charge is -2.03. The highest BCUT2D eigenvalue weighted by Crippen LogP contribution is 2.23. The van der Waals surface area contributed by atoms with Crippen molar-refractivity contribution in [3.63, 3.8) is 0 Å². The molecule has 30 heavy (non-hydrogen) atoms. The summed E-state index contributed by atoms with van der Waals surface area (Å²) < 4.78 is 22.5. The van der Waals surface area contributed by atoms with E-state index >= 15 is 0 Å². The van der Waals surface area contributed by atoms with Crippen LogP contribution < -0.4 is 0 Å². The molecule has 0 aliphatic heterocycles. The predicted octanol–water partition coefficient (Wildman–Crippen LogP) is 3.93. The molecule has 4 heterocycles. The van der Waals surface area contributed by atoms with E-state index in [0.29, 0.717) is 28.5 Å². The lowest BCUT2D eigenvalue weighted by Crippen LogP contribution is -2.01. The maximum atomic E-state index is 14.0. The fourth-order valence-electron chi connectivity index (χ4n) is 3.16. The van der Waals surface area contributed by atoms with Crippen LogP contribution in [0.25, 0.3) is 34.3 Å². The van der Waals surface area contributed by atoms with Crippen molar-refractivity contribution in [3.8, 4) is 34.3 Å². The average Bonchev–Trinajstić information content (AvgIpc) is 3.48. The molecule has 148 valence electrons. The lowest BCUT2D eigenvalue weighted by molar-refractivity contribution is 0.432. The molecule has 0 saturated carbocycles. The molecule has 4 aromatic heterocycles. The minimum absolute atomic E-state index is 0.287. The Labute approximate surface area is 170 Å². The Bertz CT molecular complexity index is 1330. The van der Waals surface area contributed by atoms with Crippen LogP contribution in [-0.2, 0) is 0 Å². The van der Waals surface area contributed by atoms with Gasteiger partial charge in [-0.15, -0.1) is 0 Å². The van der Waals surface area contributed by atoms with Gasteiger partial charge in [-0.1, -0.05) is 17.3 Å². The zero-order valence-electron chi connectivity index (χ0n) is 16.2. The molecule has 0 radical (unpaired) electrons. The molecule has 0 unspecified atom stereocenters. The van der Waals surface area contributed by atoms with Gasteiger partial charge in [0.2, 0.25) is 5.82 Å². The Morgan fingerprint density at radius 3 is 2.60 bits per heavy atom. The summed E-state index contributed by atoms with van der Waals surface area (Å²) in [6.07, 6.45) is 4.86. The zero-order chi connectivity index (χ0) is 20.7. The van der Waals surface area contributed by atoms with Crippen molar-refractivity contribution in [1.29, 1.82) is 0 Å². The summed E-state index contributed by atoms with van der Waals surface area (Å²) in [4.78, 5) is 8.87. The number of hydrogen-bond acceptors (Lipinski definition) is 6. The fourth-order valence-corrected chi connectivity index (χ4v) is 3.16. The summed E-state index contributed by atoms with van der Waals surface area (Å²) >= 11 is 0. The zero-order valence-corrected chi connectivity index (χ0v) is 16.2. The Kier molecular flexibility index (Phi) is 4.20. The van der Waals surface area contributed by atoms with Crippen molar-refractivity contribution >= 4 is 0 Å². The van der Waals surface area contributed by atoms with Crippen molar-refractivity contribution in [2.75, 3.05) is 0 Å². The molecular formula is C21H16FN7O. The van der Waals surface area contributed by atoms with Crippen LogP contribution in [-0.4, -0.2) is 34.7 Å². The van der Waals surface area contributed by atoms with Gasteiger partial charge in [-0.25, -0.2) is 18.7 Å². The van der Waals surface area contributed by atoms with E-state index < -0.39 is 0 Å². The molecule has 5 rings (SSSR count). The Balaban J connectivity index is 1.41. The average molecular weight is 401 g/mol. The van der Waals surface area contributed by atoms with Crippen molar-refractivity contribution in [1.82, 2.24) is 34.7 Å². The van der Waals surface area contributed by atoms with Gasteiger partial charge in [-0.3, -0.25) is 0 Å².